The fourth-order valence-corrected chi connectivity index (χ4v) is 1.96. The summed E-state index contributed by atoms with van der Waals surface area (Å²) in [4.78, 5) is 0. The Morgan fingerprint density at radius 3 is 2.71 bits per heavy atom. The van der Waals surface area contributed by atoms with E-state index >= 15 is 0 Å². The number of hydrogen-bond donors (Lipinski definition) is 2. The molecule has 1 aliphatic carbocycles. The van der Waals surface area contributed by atoms with Crippen molar-refractivity contribution in [3.05, 3.63) is 27.7 Å². The van der Waals surface area contributed by atoms with Gasteiger partial charge >= 0.3 is 0 Å². The molecule has 0 radical (unpaired) electrons. The predicted octanol–water partition coefficient (Wildman–Crippen LogP) is 2.50. The molecule has 0 aromatic heterocycles. The molecule has 1 fully saturated rings. The molecule has 1 saturated carbocycles. The Kier molecular flexibility index (Phi) is 2.32. The third-order valence-corrected chi connectivity index (χ3v) is 3.65. The quantitative estimate of drug-likeness (QED) is 0.853. The second-order valence-corrected chi connectivity index (χ2v) is 5.12. The largest absolute Gasteiger partial charge is 0.508 e. The Balaban J connectivity index is 2.29. The van der Waals surface area contributed by atoms with Crippen LogP contribution in [0.4, 0.5) is 0 Å². The molecular formula is C11H14BrNO. The Morgan fingerprint density at radius 2 is 2.14 bits per heavy atom. The molecular weight excluding hydrogens is 242 g/mol. The van der Waals surface area contributed by atoms with Gasteiger partial charge < -0.3 is 10.8 Å². The molecule has 0 heterocycles. The third kappa shape index (κ3) is 1.93. The van der Waals surface area contributed by atoms with Crippen LogP contribution in [0.5, 0.6) is 5.75 Å². The van der Waals surface area contributed by atoms with Crippen LogP contribution in [0.15, 0.2) is 16.6 Å². The second-order valence-electron chi connectivity index (χ2n) is 4.27. The zero-order valence-corrected chi connectivity index (χ0v) is 9.76. The molecule has 0 aliphatic heterocycles. The number of rotatable bonds is 2. The Hall–Kier alpha value is -0.540. The van der Waals surface area contributed by atoms with Gasteiger partial charge in [0, 0.05) is 10.0 Å². The molecule has 0 saturated heterocycles. The van der Waals surface area contributed by atoms with Gasteiger partial charge in [-0.05, 0) is 49.4 Å². The van der Waals surface area contributed by atoms with E-state index in [9.17, 15) is 5.11 Å². The maximum Gasteiger partial charge on any atom is 0.119 e. The van der Waals surface area contributed by atoms with E-state index in [1.54, 1.807) is 6.07 Å². The van der Waals surface area contributed by atoms with Gasteiger partial charge in [-0.3, -0.25) is 0 Å². The van der Waals surface area contributed by atoms with Crippen LogP contribution >= 0.6 is 15.9 Å². The van der Waals surface area contributed by atoms with Gasteiger partial charge in [0.25, 0.3) is 0 Å². The highest BCUT2D eigenvalue weighted by atomic mass is 79.9. The van der Waals surface area contributed by atoms with E-state index in [1.165, 1.54) is 0 Å². The van der Waals surface area contributed by atoms with Crippen LogP contribution in [-0.2, 0) is 6.42 Å². The minimum Gasteiger partial charge on any atom is -0.508 e. The van der Waals surface area contributed by atoms with Gasteiger partial charge in [-0.2, -0.15) is 0 Å². The first kappa shape index (κ1) is 9.99. The lowest BCUT2D eigenvalue weighted by Crippen LogP contribution is -2.24. The summed E-state index contributed by atoms with van der Waals surface area (Å²) < 4.78 is 1.04. The molecule has 1 aromatic carbocycles. The number of benzene rings is 1. The Morgan fingerprint density at radius 1 is 1.50 bits per heavy atom. The molecule has 2 rings (SSSR count). The lowest BCUT2D eigenvalue weighted by atomic mass is 10.0. The number of phenolic OH excluding ortho intramolecular Hbond substituents is 1. The highest BCUT2D eigenvalue weighted by Gasteiger charge is 2.38. The van der Waals surface area contributed by atoms with Crippen molar-refractivity contribution in [1.82, 2.24) is 0 Å². The fourth-order valence-electron chi connectivity index (χ4n) is 1.57. The molecule has 2 nitrogen and oxygen atoms in total. The Labute approximate surface area is 92.3 Å². The molecule has 1 aromatic rings. The summed E-state index contributed by atoms with van der Waals surface area (Å²) in [5, 5.41) is 9.73. The van der Waals surface area contributed by atoms with Crippen molar-refractivity contribution in [2.45, 2.75) is 31.7 Å². The summed E-state index contributed by atoms with van der Waals surface area (Å²) in [5.74, 6) is 0.363. The van der Waals surface area contributed by atoms with Crippen LogP contribution in [0.1, 0.15) is 24.0 Å². The minimum atomic E-state index is -0.0494. The topological polar surface area (TPSA) is 46.2 Å². The highest BCUT2D eigenvalue weighted by molar-refractivity contribution is 9.10. The number of nitrogens with two attached hydrogens (primary N) is 1. The monoisotopic (exact) mass is 255 g/mol. The molecule has 3 N–H and O–H groups in total. The average molecular weight is 256 g/mol. The van der Waals surface area contributed by atoms with E-state index in [2.05, 4.69) is 15.9 Å². The predicted molar refractivity (Wildman–Crippen MR) is 60.4 cm³/mol. The molecule has 0 atom stereocenters. The van der Waals surface area contributed by atoms with Crippen molar-refractivity contribution in [2.75, 3.05) is 0 Å². The van der Waals surface area contributed by atoms with Crippen molar-refractivity contribution in [2.24, 2.45) is 5.73 Å². The van der Waals surface area contributed by atoms with Gasteiger partial charge in [0.1, 0.15) is 5.75 Å². The first-order chi connectivity index (χ1) is 6.50. The van der Waals surface area contributed by atoms with Gasteiger partial charge in [-0.1, -0.05) is 15.9 Å². The van der Waals surface area contributed by atoms with Crippen molar-refractivity contribution in [3.63, 3.8) is 0 Å². The van der Waals surface area contributed by atoms with Crippen molar-refractivity contribution in [3.8, 4) is 5.75 Å². The van der Waals surface area contributed by atoms with Crippen LogP contribution in [0.2, 0.25) is 0 Å². The number of aromatic hydroxyl groups is 1. The van der Waals surface area contributed by atoms with Gasteiger partial charge in [-0.25, -0.2) is 0 Å². The van der Waals surface area contributed by atoms with Gasteiger partial charge in [-0.15, -0.1) is 0 Å². The summed E-state index contributed by atoms with van der Waals surface area (Å²) in [7, 11) is 0. The standard InChI is InChI=1S/C11H14BrNO/c1-7-4-10(14)8(5-9(7)12)6-11(13)2-3-11/h4-5,14H,2-3,6,13H2,1H3. The van der Waals surface area contributed by atoms with E-state index < -0.39 is 0 Å². The van der Waals surface area contributed by atoms with Crippen molar-refractivity contribution in [1.29, 1.82) is 0 Å². The van der Waals surface area contributed by atoms with Gasteiger partial charge in [0.05, 0.1) is 0 Å². The second kappa shape index (κ2) is 3.24. The highest BCUT2D eigenvalue weighted by Crippen LogP contribution is 2.38. The molecule has 76 valence electrons. The number of halogens is 1. The normalized spacial score (nSPS) is 18.2. The van der Waals surface area contributed by atoms with E-state index in [-0.39, 0.29) is 5.54 Å². The van der Waals surface area contributed by atoms with Crippen LogP contribution in [0, 0.1) is 6.92 Å². The van der Waals surface area contributed by atoms with E-state index in [0.717, 1.165) is 34.9 Å². The number of phenols is 1. The smallest absolute Gasteiger partial charge is 0.119 e. The number of aryl methyl sites for hydroxylation is 1. The summed E-state index contributed by atoms with van der Waals surface area (Å²) in [6.07, 6.45) is 2.91. The number of hydrogen-bond acceptors (Lipinski definition) is 2. The molecule has 14 heavy (non-hydrogen) atoms. The molecule has 3 heteroatoms. The summed E-state index contributed by atoms with van der Waals surface area (Å²) >= 11 is 3.46. The maximum absolute atomic E-state index is 9.73. The average Bonchev–Trinajstić information content (AvgIpc) is 2.80. The summed E-state index contributed by atoms with van der Waals surface area (Å²) in [5.41, 5.74) is 7.96. The van der Waals surface area contributed by atoms with Crippen LogP contribution in [-0.4, -0.2) is 10.6 Å². The first-order valence-electron chi connectivity index (χ1n) is 4.77. The van der Waals surface area contributed by atoms with Crippen LogP contribution < -0.4 is 5.73 Å². The fraction of sp³-hybridized carbons (Fsp3) is 0.455. The minimum absolute atomic E-state index is 0.0494. The maximum atomic E-state index is 9.73. The molecule has 0 spiro atoms. The van der Waals surface area contributed by atoms with Gasteiger partial charge in [0.15, 0.2) is 0 Å². The SMILES string of the molecule is Cc1cc(O)c(CC2(N)CC2)cc1Br. The lowest BCUT2D eigenvalue weighted by molar-refractivity contribution is 0.463. The zero-order chi connectivity index (χ0) is 10.3. The van der Waals surface area contributed by atoms with Crippen LogP contribution in [0.3, 0.4) is 0 Å². The first-order valence-corrected chi connectivity index (χ1v) is 5.56. The third-order valence-electron chi connectivity index (χ3n) is 2.79. The summed E-state index contributed by atoms with van der Waals surface area (Å²) in [6, 6.07) is 3.75. The van der Waals surface area contributed by atoms with Crippen molar-refractivity contribution >= 4 is 15.9 Å². The lowest BCUT2D eigenvalue weighted by Gasteiger charge is -2.11. The van der Waals surface area contributed by atoms with E-state index in [4.69, 9.17) is 5.73 Å². The molecule has 1 aliphatic rings. The molecule has 0 unspecified atom stereocenters. The Bertz CT molecular complexity index is 372. The zero-order valence-electron chi connectivity index (χ0n) is 8.18. The van der Waals surface area contributed by atoms with Crippen LogP contribution in [0.25, 0.3) is 0 Å². The van der Waals surface area contributed by atoms with Gasteiger partial charge in [0.2, 0.25) is 0 Å². The summed E-state index contributed by atoms with van der Waals surface area (Å²) in [6.45, 7) is 1.96. The van der Waals surface area contributed by atoms with Crippen molar-refractivity contribution < 1.29 is 5.11 Å². The van der Waals surface area contributed by atoms with E-state index in [1.807, 2.05) is 13.0 Å². The molecule has 0 bridgehead atoms. The van der Waals surface area contributed by atoms with E-state index in [0.29, 0.717) is 5.75 Å². The molecule has 0 amide bonds.